The fraction of sp³-hybridized carbons (Fsp3) is 0.370. The van der Waals surface area contributed by atoms with Gasteiger partial charge in [0, 0.05) is 44.7 Å². The van der Waals surface area contributed by atoms with Gasteiger partial charge < -0.3 is 9.88 Å². The number of fused-ring (bicyclic) bond motifs is 1. The van der Waals surface area contributed by atoms with Crippen LogP contribution >= 0.6 is 11.3 Å². The van der Waals surface area contributed by atoms with Crippen molar-refractivity contribution in [3.05, 3.63) is 80.7 Å². The Morgan fingerprint density at radius 1 is 1.03 bits per heavy atom. The number of benzene rings is 1. The molecule has 1 aromatic carbocycles. The van der Waals surface area contributed by atoms with Crippen LogP contribution in [0.25, 0.3) is 16.4 Å². The molecule has 0 amide bonds. The number of rotatable bonds is 5. The van der Waals surface area contributed by atoms with E-state index in [1.165, 1.54) is 30.6 Å². The summed E-state index contributed by atoms with van der Waals surface area (Å²) in [5.74, 6) is 1.89. The molecule has 8 heteroatoms. The topological polar surface area (TPSA) is 70.1 Å². The molecule has 2 aliphatic rings. The first-order chi connectivity index (χ1) is 17.2. The van der Waals surface area contributed by atoms with E-state index in [9.17, 15) is 4.79 Å². The third kappa shape index (κ3) is 4.32. The highest BCUT2D eigenvalue weighted by molar-refractivity contribution is 7.13. The smallest absolute Gasteiger partial charge is 0.255 e. The van der Waals surface area contributed by atoms with Gasteiger partial charge in [-0.15, -0.1) is 11.3 Å². The number of para-hydroxylation sites is 1. The van der Waals surface area contributed by atoms with Crippen molar-refractivity contribution in [2.45, 2.75) is 45.7 Å². The molecule has 1 saturated heterocycles. The molecule has 0 unspecified atom stereocenters. The molecule has 0 atom stereocenters. The highest BCUT2D eigenvalue weighted by atomic mass is 32.1. The van der Waals surface area contributed by atoms with Crippen molar-refractivity contribution in [1.82, 2.24) is 24.6 Å². The Kier molecular flexibility index (Phi) is 6.00. The van der Waals surface area contributed by atoms with Crippen molar-refractivity contribution in [3.63, 3.8) is 0 Å². The van der Waals surface area contributed by atoms with Gasteiger partial charge in [0.25, 0.3) is 5.56 Å². The average molecular weight is 487 g/mol. The highest BCUT2D eigenvalue weighted by Gasteiger charge is 2.27. The third-order valence-corrected chi connectivity index (χ3v) is 7.97. The van der Waals surface area contributed by atoms with Crippen molar-refractivity contribution in [2.24, 2.45) is 0 Å². The minimum atomic E-state index is -0.0175. The maximum atomic E-state index is 13.0. The number of aromatic nitrogens is 4. The lowest BCUT2D eigenvalue weighted by molar-refractivity contribution is 0.241. The second kappa shape index (κ2) is 9.43. The van der Waals surface area contributed by atoms with E-state index in [0.29, 0.717) is 12.4 Å². The molecule has 4 aromatic rings. The van der Waals surface area contributed by atoms with Crippen molar-refractivity contribution in [2.75, 3.05) is 24.5 Å². The highest BCUT2D eigenvalue weighted by Crippen LogP contribution is 2.32. The Hall–Kier alpha value is -3.23. The monoisotopic (exact) mass is 486 g/mol. The molecule has 35 heavy (non-hydrogen) atoms. The van der Waals surface area contributed by atoms with Gasteiger partial charge in [0.1, 0.15) is 5.82 Å². The minimum absolute atomic E-state index is 0.0175. The number of thiophene rings is 1. The summed E-state index contributed by atoms with van der Waals surface area (Å²) in [5, 5.41) is 7.00. The van der Waals surface area contributed by atoms with E-state index in [4.69, 9.17) is 10.1 Å². The summed E-state index contributed by atoms with van der Waals surface area (Å²) in [4.78, 5) is 26.7. The predicted molar refractivity (Wildman–Crippen MR) is 140 cm³/mol. The van der Waals surface area contributed by atoms with Crippen LogP contribution in [-0.2, 0) is 19.5 Å². The summed E-state index contributed by atoms with van der Waals surface area (Å²) >= 11 is 1.60. The van der Waals surface area contributed by atoms with E-state index >= 15 is 0 Å². The average Bonchev–Trinajstić information content (AvgIpc) is 3.54. The molecule has 1 fully saturated rings. The molecule has 0 bridgehead atoms. The van der Waals surface area contributed by atoms with Crippen LogP contribution in [-0.4, -0.2) is 44.3 Å². The Bertz CT molecular complexity index is 1370. The summed E-state index contributed by atoms with van der Waals surface area (Å²) in [6, 6.07) is 14.4. The molecule has 3 aromatic heterocycles. The van der Waals surface area contributed by atoms with E-state index in [-0.39, 0.29) is 5.56 Å². The molecule has 0 radical (unpaired) electrons. The maximum absolute atomic E-state index is 13.0. The largest absolute Gasteiger partial charge is 0.356 e. The van der Waals surface area contributed by atoms with Crippen molar-refractivity contribution >= 4 is 17.2 Å². The Labute approximate surface area is 209 Å². The van der Waals surface area contributed by atoms with E-state index in [2.05, 4.69) is 50.7 Å². The zero-order valence-corrected chi connectivity index (χ0v) is 20.9. The standard InChI is InChI=1S/C27H30N6OS/c1-19-21(27(32-13-6-3-7-14-32)33(30-19)20-9-4-2-5-10-20)17-31-15-12-23-22(18-31)26(34)29-25(28-23)24-11-8-16-35-24/h2,4-5,8-11,16H,3,6-7,12-15,17-18H2,1H3,(H,28,29,34). The SMILES string of the molecule is Cc1nn(-c2ccccc2)c(N2CCCCC2)c1CN1CCc2nc(-c3cccs3)[nH]c(=O)c2C1. The van der Waals surface area contributed by atoms with Gasteiger partial charge in [0.15, 0.2) is 5.82 Å². The molecule has 5 heterocycles. The van der Waals surface area contributed by atoms with Gasteiger partial charge in [-0.25, -0.2) is 9.67 Å². The Balaban J connectivity index is 1.32. The van der Waals surface area contributed by atoms with Crippen LogP contribution in [0.15, 0.2) is 52.6 Å². The molecule has 7 nitrogen and oxygen atoms in total. The fourth-order valence-electron chi connectivity index (χ4n) is 5.28. The lowest BCUT2D eigenvalue weighted by Gasteiger charge is -2.32. The zero-order valence-electron chi connectivity index (χ0n) is 20.0. The van der Waals surface area contributed by atoms with Gasteiger partial charge in [0.05, 0.1) is 27.5 Å². The van der Waals surface area contributed by atoms with Gasteiger partial charge in [-0.1, -0.05) is 24.3 Å². The van der Waals surface area contributed by atoms with Gasteiger partial charge in [-0.2, -0.15) is 5.10 Å². The molecule has 1 N–H and O–H groups in total. The van der Waals surface area contributed by atoms with Gasteiger partial charge in [-0.05, 0) is 49.8 Å². The number of hydrogen-bond donors (Lipinski definition) is 1. The lowest BCUT2D eigenvalue weighted by atomic mass is 10.1. The number of H-pyrrole nitrogens is 1. The Morgan fingerprint density at radius 3 is 2.63 bits per heavy atom. The normalized spacial score (nSPS) is 16.4. The first-order valence-electron chi connectivity index (χ1n) is 12.4. The fourth-order valence-corrected chi connectivity index (χ4v) is 5.95. The van der Waals surface area contributed by atoms with E-state index in [1.807, 2.05) is 23.6 Å². The number of nitrogens with one attached hydrogen (secondary N) is 1. The molecule has 0 aliphatic carbocycles. The molecule has 0 spiro atoms. The van der Waals surface area contributed by atoms with Crippen LogP contribution in [0, 0.1) is 6.92 Å². The van der Waals surface area contributed by atoms with E-state index in [1.54, 1.807) is 11.3 Å². The number of hydrogen-bond acceptors (Lipinski definition) is 6. The zero-order chi connectivity index (χ0) is 23.8. The molecular formula is C27H30N6OS. The first kappa shape index (κ1) is 22.2. The van der Waals surface area contributed by atoms with Crippen LogP contribution in [0.3, 0.4) is 0 Å². The molecule has 6 rings (SSSR count). The van der Waals surface area contributed by atoms with Crippen LogP contribution in [0.5, 0.6) is 0 Å². The van der Waals surface area contributed by atoms with Gasteiger partial charge >= 0.3 is 0 Å². The summed E-state index contributed by atoms with van der Waals surface area (Å²) in [6.45, 7) is 6.49. The molecule has 180 valence electrons. The van der Waals surface area contributed by atoms with Crippen LogP contribution < -0.4 is 10.5 Å². The van der Waals surface area contributed by atoms with Gasteiger partial charge in [0.2, 0.25) is 0 Å². The number of anilines is 1. The number of aryl methyl sites for hydroxylation is 1. The van der Waals surface area contributed by atoms with E-state index < -0.39 is 0 Å². The van der Waals surface area contributed by atoms with Crippen molar-refractivity contribution in [1.29, 1.82) is 0 Å². The molecule has 0 saturated carbocycles. The van der Waals surface area contributed by atoms with E-state index in [0.717, 1.165) is 60.1 Å². The maximum Gasteiger partial charge on any atom is 0.255 e. The van der Waals surface area contributed by atoms with Crippen molar-refractivity contribution < 1.29 is 0 Å². The second-order valence-corrected chi connectivity index (χ2v) is 10.4. The summed E-state index contributed by atoms with van der Waals surface area (Å²) < 4.78 is 2.12. The summed E-state index contributed by atoms with van der Waals surface area (Å²) in [6.07, 6.45) is 4.49. The van der Waals surface area contributed by atoms with Crippen LogP contribution in [0.1, 0.15) is 41.8 Å². The number of nitrogens with zero attached hydrogens (tertiary/aromatic N) is 5. The quantitative estimate of drug-likeness (QED) is 0.449. The Morgan fingerprint density at radius 2 is 1.86 bits per heavy atom. The second-order valence-electron chi connectivity index (χ2n) is 9.46. The lowest BCUT2D eigenvalue weighted by Crippen LogP contribution is -2.36. The number of aromatic amines is 1. The number of piperidine rings is 1. The molecular weight excluding hydrogens is 456 g/mol. The minimum Gasteiger partial charge on any atom is -0.356 e. The predicted octanol–water partition coefficient (Wildman–Crippen LogP) is 4.54. The summed E-state index contributed by atoms with van der Waals surface area (Å²) in [5.41, 5.74) is 5.12. The van der Waals surface area contributed by atoms with Gasteiger partial charge in [-0.3, -0.25) is 9.69 Å². The van der Waals surface area contributed by atoms with Crippen LogP contribution in [0.2, 0.25) is 0 Å². The third-order valence-electron chi connectivity index (χ3n) is 7.10. The molecule has 2 aliphatic heterocycles. The van der Waals surface area contributed by atoms with Crippen molar-refractivity contribution in [3.8, 4) is 16.4 Å². The van der Waals surface area contributed by atoms with Crippen LogP contribution in [0.4, 0.5) is 5.82 Å². The first-order valence-corrected chi connectivity index (χ1v) is 13.3. The summed E-state index contributed by atoms with van der Waals surface area (Å²) in [7, 11) is 0.